The summed E-state index contributed by atoms with van der Waals surface area (Å²) in [5.41, 5.74) is 2.74. The fourth-order valence-electron chi connectivity index (χ4n) is 4.65. The number of nitrogens with zero attached hydrogens (tertiary/aromatic N) is 5. The van der Waals surface area contributed by atoms with E-state index in [-0.39, 0.29) is 11.9 Å². The molecule has 0 radical (unpaired) electrons. The monoisotopic (exact) mass is 532 g/mol. The van der Waals surface area contributed by atoms with Crippen LogP contribution in [0.2, 0.25) is 0 Å². The molecule has 6 rings (SSSR count). The van der Waals surface area contributed by atoms with Crippen LogP contribution in [-0.4, -0.2) is 54.5 Å². The van der Waals surface area contributed by atoms with Gasteiger partial charge in [-0.05, 0) is 55.3 Å². The molecule has 3 aromatic heterocycles. The Hall–Kier alpha value is -3.93. The van der Waals surface area contributed by atoms with Crippen molar-refractivity contribution in [3.05, 3.63) is 79.1 Å². The minimum Gasteiger partial charge on any atom is -0.593 e. The summed E-state index contributed by atoms with van der Waals surface area (Å²) >= 11 is -1.30. The second kappa shape index (κ2) is 10.4. The molecule has 2 atom stereocenters. The van der Waals surface area contributed by atoms with Gasteiger partial charge in [-0.1, -0.05) is 6.07 Å². The normalized spacial score (nSPS) is 17.0. The van der Waals surface area contributed by atoms with E-state index in [1.807, 2.05) is 26.9 Å². The number of oxazole rings is 1. The maximum Gasteiger partial charge on any atom is 0.306 e. The standard InChI is InChI=1S/C27H25FN6O3S/c1-36-21-5-2-6-22(16-21)38(35)33-13-3-4-20(17-33)30-26-29-12-11-23(31-26)25-24(18-7-9-19(28)10-8-18)32-27-34(25)14-15-37-27/h2,5-12,14-16,20H,3-4,13,17H2,1H3,(H,29,30,31)/t20-,38?/m1/s1. The minimum absolute atomic E-state index is 0.0181. The summed E-state index contributed by atoms with van der Waals surface area (Å²) in [6.45, 7) is 1.31. The molecule has 2 aromatic carbocycles. The van der Waals surface area contributed by atoms with Crippen LogP contribution in [0.1, 0.15) is 12.8 Å². The molecule has 1 aliphatic rings. The maximum atomic E-state index is 13.6. The average Bonchev–Trinajstić information content (AvgIpc) is 3.55. The Balaban J connectivity index is 1.24. The second-order valence-corrected chi connectivity index (χ2v) is 10.4. The largest absolute Gasteiger partial charge is 0.593 e. The molecule has 194 valence electrons. The third-order valence-corrected chi connectivity index (χ3v) is 7.93. The predicted molar refractivity (Wildman–Crippen MR) is 141 cm³/mol. The van der Waals surface area contributed by atoms with Gasteiger partial charge in [-0.2, -0.15) is 4.98 Å². The van der Waals surface area contributed by atoms with Crippen molar-refractivity contribution in [1.82, 2.24) is 23.7 Å². The van der Waals surface area contributed by atoms with Gasteiger partial charge in [-0.3, -0.25) is 4.40 Å². The molecular weight excluding hydrogens is 507 g/mol. The van der Waals surface area contributed by atoms with E-state index in [2.05, 4.69) is 15.3 Å². The van der Waals surface area contributed by atoms with Crippen molar-refractivity contribution in [3.8, 4) is 28.4 Å². The number of aromatic nitrogens is 4. The Kier molecular flexibility index (Phi) is 6.71. The molecule has 0 saturated carbocycles. The van der Waals surface area contributed by atoms with E-state index in [4.69, 9.17) is 14.1 Å². The fraction of sp³-hybridized carbons (Fsp3) is 0.222. The topological polar surface area (TPSA) is 104 Å². The molecule has 0 bridgehead atoms. The lowest BCUT2D eigenvalue weighted by molar-refractivity contribution is 0.326. The van der Waals surface area contributed by atoms with E-state index in [0.29, 0.717) is 40.4 Å². The molecular formula is C27H25FN6O3S. The summed E-state index contributed by atoms with van der Waals surface area (Å²) in [7, 11) is 1.60. The van der Waals surface area contributed by atoms with Crippen molar-refractivity contribution in [2.24, 2.45) is 0 Å². The number of nitrogens with one attached hydrogen (secondary N) is 1. The second-order valence-electron chi connectivity index (χ2n) is 8.94. The minimum atomic E-state index is -1.30. The number of rotatable bonds is 7. The maximum absolute atomic E-state index is 13.6. The molecule has 1 N–H and O–H groups in total. The number of hydrogen-bond acceptors (Lipinski definition) is 8. The van der Waals surface area contributed by atoms with Gasteiger partial charge in [-0.15, -0.1) is 4.31 Å². The van der Waals surface area contributed by atoms with Crippen LogP contribution in [0, 0.1) is 5.82 Å². The first kappa shape index (κ1) is 24.4. The number of benzene rings is 2. The highest BCUT2D eigenvalue weighted by Crippen LogP contribution is 2.33. The zero-order valence-electron chi connectivity index (χ0n) is 20.6. The van der Waals surface area contributed by atoms with Gasteiger partial charge < -0.3 is 19.0 Å². The van der Waals surface area contributed by atoms with E-state index in [1.54, 1.807) is 50.0 Å². The van der Waals surface area contributed by atoms with Crippen LogP contribution in [0.4, 0.5) is 10.3 Å². The number of piperidine rings is 1. The van der Waals surface area contributed by atoms with Gasteiger partial charge in [-0.25, -0.2) is 14.4 Å². The zero-order chi connectivity index (χ0) is 26.1. The van der Waals surface area contributed by atoms with Crippen LogP contribution in [-0.2, 0) is 11.4 Å². The SMILES string of the molecule is COc1cccc([S+]([O-])N2CCC[C@@H](Nc3nccc(-c4c(-c5ccc(F)cc5)nc5occn45)n3)C2)c1. The summed E-state index contributed by atoms with van der Waals surface area (Å²) in [4.78, 5) is 14.5. The van der Waals surface area contributed by atoms with Crippen LogP contribution in [0.3, 0.4) is 0 Å². The molecule has 4 heterocycles. The van der Waals surface area contributed by atoms with Gasteiger partial charge in [0.15, 0.2) is 4.90 Å². The van der Waals surface area contributed by atoms with Crippen molar-refractivity contribution < 1.29 is 18.1 Å². The molecule has 1 aliphatic heterocycles. The van der Waals surface area contributed by atoms with E-state index >= 15 is 0 Å². The van der Waals surface area contributed by atoms with Crippen molar-refractivity contribution >= 4 is 23.2 Å². The van der Waals surface area contributed by atoms with Crippen molar-refractivity contribution in [1.29, 1.82) is 0 Å². The predicted octanol–water partition coefficient (Wildman–Crippen LogP) is 4.80. The van der Waals surface area contributed by atoms with E-state index in [9.17, 15) is 8.94 Å². The number of anilines is 1. The highest BCUT2D eigenvalue weighted by atomic mass is 32.2. The molecule has 9 nitrogen and oxygen atoms in total. The van der Waals surface area contributed by atoms with E-state index in [1.165, 1.54) is 12.1 Å². The Labute approximate surface area is 221 Å². The Morgan fingerprint density at radius 2 is 2.03 bits per heavy atom. The van der Waals surface area contributed by atoms with E-state index in [0.717, 1.165) is 30.6 Å². The first-order valence-electron chi connectivity index (χ1n) is 12.2. The molecule has 5 aromatic rings. The summed E-state index contributed by atoms with van der Waals surface area (Å²) in [5.74, 6) is 1.24. The average molecular weight is 533 g/mol. The van der Waals surface area contributed by atoms with Crippen LogP contribution >= 0.6 is 0 Å². The summed E-state index contributed by atoms with van der Waals surface area (Å²) in [6.07, 6.45) is 6.80. The molecule has 1 unspecified atom stereocenters. The molecule has 1 saturated heterocycles. The Bertz CT molecular complexity index is 1560. The Morgan fingerprint density at radius 3 is 2.87 bits per heavy atom. The van der Waals surface area contributed by atoms with Crippen LogP contribution < -0.4 is 10.1 Å². The molecule has 11 heteroatoms. The van der Waals surface area contributed by atoms with Crippen LogP contribution in [0.5, 0.6) is 5.75 Å². The third-order valence-electron chi connectivity index (χ3n) is 6.47. The number of hydrogen-bond donors (Lipinski definition) is 1. The fourth-order valence-corrected chi connectivity index (χ4v) is 5.97. The summed E-state index contributed by atoms with van der Waals surface area (Å²) in [6, 6.07) is 15.3. The van der Waals surface area contributed by atoms with Crippen molar-refractivity contribution in [3.63, 3.8) is 0 Å². The number of fused-ring (bicyclic) bond motifs is 1. The molecule has 1 fully saturated rings. The lowest BCUT2D eigenvalue weighted by Gasteiger charge is -2.32. The van der Waals surface area contributed by atoms with Gasteiger partial charge in [0.25, 0.3) is 0 Å². The van der Waals surface area contributed by atoms with Gasteiger partial charge in [0.05, 0.1) is 30.7 Å². The summed E-state index contributed by atoms with van der Waals surface area (Å²) < 4.78 is 41.4. The van der Waals surface area contributed by atoms with Gasteiger partial charge in [0.1, 0.15) is 29.2 Å². The number of halogens is 1. The van der Waals surface area contributed by atoms with Crippen molar-refractivity contribution in [2.75, 3.05) is 25.5 Å². The van der Waals surface area contributed by atoms with E-state index < -0.39 is 11.4 Å². The molecule has 0 amide bonds. The lowest BCUT2D eigenvalue weighted by Crippen LogP contribution is -2.45. The Morgan fingerprint density at radius 1 is 1.16 bits per heavy atom. The number of ether oxygens (including phenoxy) is 1. The highest BCUT2D eigenvalue weighted by molar-refractivity contribution is 7.89. The number of methoxy groups -OCH3 is 1. The van der Waals surface area contributed by atoms with Crippen LogP contribution in [0.15, 0.2) is 82.6 Å². The first-order chi connectivity index (χ1) is 18.6. The number of imidazole rings is 1. The summed E-state index contributed by atoms with van der Waals surface area (Å²) in [5, 5.41) is 3.42. The zero-order valence-corrected chi connectivity index (χ0v) is 21.4. The molecule has 0 aliphatic carbocycles. The van der Waals surface area contributed by atoms with Gasteiger partial charge >= 0.3 is 5.84 Å². The van der Waals surface area contributed by atoms with Crippen molar-refractivity contribution in [2.45, 2.75) is 23.8 Å². The molecule has 0 spiro atoms. The smallest absolute Gasteiger partial charge is 0.306 e. The first-order valence-corrected chi connectivity index (χ1v) is 13.3. The highest BCUT2D eigenvalue weighted by Gasteiger charge is 2.30. The third kappa shape index (κ3) is 4.83. The lowest BCUT2D eigenvalue weighted by atomic mass is 10.1. The van der Waals surface area contributed by atoms with Gasteiger partial charge in [0, 0.05) is 36.6 Å². The molecule has 38 heavy (non-hydrogen) atoms. The van der Waals surface area contributed by atoms with Gasteiger partial charge in [0.2, 0.25) is 5.95 Å². The van der Waals surface area contributed by atoms with Crippen LogP contribution in [0.25, 0.3) is 28.5 Å². The quantitative estimate of drug-likeness (QED) is 0.298.